The molecule has 0 unspecified atom stereocenters. The number of ether oxygens (including phenoxy) is 1. The zero-order chi connectivity index (χ0) is 16.1. The summed E-state index contributed by atoms with van der Waals surface area (Å²) >= 11 is 0. The van der Waals surface area contributed by atoms with Gasteiger partial charge in [-0.3, -0.25) is 20.2 Å². The molecule has 0 fully saturated rings. The Balaban J connectivity index is 2.42. The average molecular weight is 300 g/mol. The van der Waals surface area contributed by atoms with Gasteiger partial charge in [0, 0.05) is 11.6 Å². The highest BCUT2D eigenvalue weighted by atomic mass is 16.6. The predicted molar refractivity (Wildman–Crippen MR) is 81.7 cm³/mol. The second-order valence-electron chi connectivity index (χ2n) is 4.33. The summed E-state index contributed by atoms with van der Waals surface area (Å²) in [7, 11) is 1.53. The first-order valence-corrected chi connectivity index (χ1v) is 6.27. The van der Waals surface area contributed by atoms with E-state index in [0.717, 1.165) is 11.6 Å². The van der Waals surface area contributed by atoms with Crippen molar-refractivity contribution >= 4 is 23.5 Å². The number of nitro groups is 2. The molecule has 2 rings (SSSR count). The molecule has 2 aromatic rings. The van der Waals surface area contributed by atoms with E-state index in [0.29, 0.717) is 5.75 Å². The minimum Gasteiger partial charge on any atom is -0.496 e. The summed E-state index contributed by atoms with van der Waals surface area (Å²) in [4.78, 5) is 20.4. The smallest absolute Gasteiger partial charge is 0.283 e. The van der Waals surface area contributed by atoms with Crippen molar-refractivity contribution in [3.63, 3.8) is 0 Å². The molecule has 0 bridgehead atoms. The molecular formula is C15H12N2O5. The molecule has 7 nitrogen and oxygen atoms in total. The number of nitro benzene ring substituents is 2. The van der Waals surface area contributed by atoms with Gasteiger partial charge in [0.15, 0.2) is 0 Å². The number of benzene rings is 2. The maximum atomic E-state index is 11.1. The Hall–Kier alpha value is -3.22. The van der Waals surface area contributed by atoms with Gasteiger partial charge in [-0.15, -0.1) is 0 Å². The maximum absolute atomic E-state index is 11.1. The van der Waals surface area contributed by atoms with Gasteiger partial charge < -0.3 is 4.74 Å². The van der Waals surface area contributed by atoms with Crippen LogP contribution in [0.25, 0.3) is 12.2 Å². The van der Waals surface area contributed by atoms with E-state index >= 15 is 0 Å². The first-order chi connectivity index (χ1) is 10.5. The Morgan fingerprint density at radius 1 is 0.955 bits per heavy atom. The second-order valence-corrected chi connectivity index (χ2v) is 4.33. The standard InChI is InChI=1S/C15H12N2O5/c1-22-15-5-3-2-4-12(15)7-6-11-8-9-13(16(18)19)10-14(11)17(20)21/h2-10H,1H3/b7-6+. The molecule has 0 aromatic heterocycles. The number of para-hydroxylation sites is 1. The minimum atomic E-state index is -0.666. The molecule has 0 amide bonds. The van der Waals surface area contributed by atoms with Crippen molar-refractivity contribution in [2.24, 2.45) is 0 Å². The molecule has 0 spiro atoms. The molecule has 0 atom stereocenters. The van der Waals surface area contributed by atoms with Crippen LogP contribution in [-0.4, -0.2) is 17.0 Å². The van der Waals surface area contributed by atoms with Crippen molar-refractivity contribution < 1.29 is 14.6 Å². The fourth-order valence-electron chi connectivity index (χ4n) is 1.93. The lowest BCUT2D eigenvalue weighted by Crippen LogP contribution is -1.95. The van der Waals surface area contributed by atoms with Crippen LogP contribution < -0.4 is 4.74 Å². The monoisotopic (exact) mass is 300 g/mol. The molecule has 0 saturated heterocycles. The molecule has 0 aliphatic rings. The normalized spacial score (nSPS) is 10.6. The van der Waals surface area contributed by atoms with Crippen LogP contribution in [0.15, 0.2) is 42.5 Å². The van der Waals surface area contributed by atoms with Crippen LogP contribution in [0.3, 0.4) is 0 Å². The van der Waals surface area contributed by atoms with Gasteiger partial charge in [0.2, 0.25) is 0 Å². The Morgan fingerprint density at radius 3 is 2.27 bits per heavy atom. The van der Waals surface area contributed by atoms with E-state index in [9.17, 15) is 20.2 Å². The van der Waals surface area contributed by atoms with Crippen LogP contribution in [0, 0.1) is 20.2 Å². The van der Waals surface area contributed by atoms with E-state index in [1.807, 2.05) is 12.1 Å². The van der Waals surface area contributed by atoms with E-state index in [-0.39, 0.29) is 16.9 Å². The van der Waals surface area contributed by atoms with Crippen molar-refractivity contribution in [2.75, 3.05) is 7.11 Å². The number of non-ortho nitro benzene ring substituents is 1. The molecule has 0 saturated carbocycles. The van der Waals surface area contributed by atoms with Crippen LogP contribution in [0.1, 0.15) is 11.1 Å². The van der Waals surface area contributed by atoms with Crippen LogP contribution in [0.5, 0.6) is 5.75 Å². The highest BCUT2D eigenvalue weighted by molar-refractivity contribution is 5.77. The second kappa shape index (κ2) is 6.49. The number of hydrogen-bond donors (Lipinski definition) is 0. The Labute approximate surface area is 125 Å². The van der Waals surface area contributed by atoms with E-state index in [4.69, 9.17) is 4.74 Å². The first kappa shape index (κ1) is 15.2. The van der Waals surface area contributed by atoms with E-state index < -0.39 is 9.85 Å². The van der Waals surface area contributed by atoms with Gasteiger partial charge in [0.25, 0.3) is 11.4 Å². The first-order valence-electron chi connectivity index (χ1n) is 6.27. The number of methoxy groups -OCH3 is 1. The van der Waals surface area contributed by atoms with E-state index in [2.05, 4.69) is 0 Å². The summed E-state index contributed by atoms with van der Waals surface area (Å²) in [6, 6.07) is 10.7. The molecule has 7 heteroatoms. The van der Waals surface area contributed by atoms with Crippen molar-refractivity contribution in [1.82, 2.24) is 0 Å². The Kier molecular flexibility index (Phi) is 4.47. The molecule has 2 aromatic carbocycles. The van der Waals surface area contributed by atoms with Crippen LogP contribution in [0.4, 0.5) is 11.4 Å². The quantitative estimate of drug-likeness (QED) is 0.476. The van der Waals surface area contributed by atoms with Crippen molar-refractivity contribution in [1.29, 1.82) is 0 Å². The zero-order valence-corrected chi connectivity index (χ0v) is 11.6. The minimum absolute atomic E-state index is 0.279. The van der Waals surface area contributed by atoms with Crippen LogP contribution in [0.2, 0.25) is 0 Å². The molecular weight excluding hydrogens is 288 g/mol. The average Bonchev–Trinajstić information content (AvgIpc) is 2.52. The number of hydrogen-bond acceptors (Lipinski definition) is 5. The lowest BCUT2D eigenvalue weighted by atomic mass is 10.1. The summed E-state index contributed by atoms with van der Waals surface area (Å²) in [5, 5.41) is 21.8. The number of nitrogens with zero attached hydrogens (tertiary/aromatic N) is 2. The third kappa shape index (κ3) is 3.26. The van der Waals surface area contributed by atoms with Gasteiger partial charge >= 0.3 is 0 Å². The summed E-state index contributed by atoms with van der Waals surface area (Å²) in [6.45, 7) is 0. The third-order valence-corrected chi connectivity index (χ3v) is 3.00. The highest BCUT2D eigenvalue weighted by Gasteiger charge is 2.17. The number of rotatable bonds is 5. The molecule has 22 heavy (non-hydrogen) atoms. The van der Waals surface area contributed by atoms with E-state index in [1.165, 1.54) is 25.3 Å². The fourth-order valence-corrected chi connectivity index (χ4v) is 1.93. The van der Waals surface area contributed by atoms with Gasteiger partial charge in [-0.25, -0.2) is 0 Å². The Bertz CT molecular complexity index is 755. The van der Waals surface area contributed by atoms with Gasteiger partial charge in [0.05, 0.1) is 28.6 Å². The lowest BCUT2D eigenvalue weighted by Gasteiger charge is -2.03. The molecule has 0 radical (unpaired) electrons. The summed E-state index contributed by atoms with van der Waals surface area (Å²) in [5.41, 5.74) is 0.389. The molecule has 0 N–H and O–H groups in total. The molecule has 0 aliphatic carbocycles. The summed E-state index contributed by atoms with van der Waals surface area (Å²) in [6.07, 6.45) is 3.19. The summed E-state index contributed by atoms with van der Waals surface area (Å²) < 4.78 is 5.19. The van der Waals surface area contributed by atoms with Crippen LogP contribution in [-0.2, 0) is 0 Å². The molecule has 0 aliphatic heterocycles. The Morgan fingerprint density at radius 2 is 1.64 bits per heavy atom. The van der Waals surface area contributed by atoms with Crippen molar-refractivity contribution in [2.45, 2.75) is 0 Å². The highest BCUT2D eigenvalue weighted by Crippen LogP contribution is 2.27. The topological polar surface area (TPSA) is 95.5 Å². The van der Waals surface area contributed by atoms with Gasteiger partial charge in [0.1, 0.15) is 5.75 Å². The predicted octanol–water partition coefficient (Wildman–Crippen LogP) is 3.68. The van der Waals surface area contributed by atoms with Gasteiger partial charge in [-0.1, -0.05) is 24.3 Å². The third-order valence-electron chi connectivity index (χ3n) is 3.00. The zero-order valence-electron chi connectivity index (χ0n) is 11.6. The molecule has 112 valence electrons. The molecule has 0 heterocycles. The summed E-state index contributed by atoms with van der Waals surface area (Å²) in [5.74, 6) is 0.628. The maximum Gasteiger partial charge on any atom is 0.283 e. The van der Waals surface area contributed by atoms with Crippen molar-refractivity contribution in [3.8, 4) is 5.75 Å². The SMILES string of the molecule is COc1ccccc1/C=C/c1ccc([N+](=O)[O-])cc1[N+](=O)[O-]. The largest absolute Gasteiger partial charge is 0.496 e. The fraction of sp³-hybridized carbons (Fsp3) is 0.0667. The van der Waals surface area contributed by atoms with Gasteiger partial charge in [-0.2, -0.15) is 0 Å². The van der Waals surface area contributed by atoms with Crippen LogP contribution >= 0.6 is 0 Å². The van der Waals surface area contributed by atoms with Gasteiger partial charge in [-0.05, 0) is 18.2 Å². The van der Waals surface area contributed by atoms with E-state index in [1.54, 1.807) is 18.2 Å². The van der Waals surface area contributed by atoms with Crippen molar-refractivity contribution in [3.05, 3.63) is 73.8 Å². The lowest BCUT2D eigenvalue weighted by molar-refractivity contribution is -0.394.